The molecule has 0 bridgehead atoms. The number of nitro benzene ring substituents is 1. The number of aromatic nitrogens is 2. The molecular weight excluding hydrogens is 272 g/mol. The molecule has 1 heterocycles. The topological polar surface area (TPSA) is 98.0 Å². The summed E-state index contributed by atoms with van der Waals surface area (Å²) in [6.45, 7) is 2.05. The van der Waals surface area contributed by atoms with Crippen LogP contribution >= 0.6 is 0 Å². The van der Waals surface area contributed by atoms with Gasteiger partial charge >= 0.3 is 0 Å². The fraction of sp³-hybridized carbons (Fsp3) is 0.214. The van der Waals surface area contributed by atoms with E-state index in [0.717, 1.165) is 5.56 Å². The highest BCUT2D eigenvalue weighted by Gasteiger charge is 2.13. The molecule has 1 aromatic carbocycles. The van der Waals surface area contributed by atoms with Crippen LogP contribution in [0, 0.1) is 17.0 Å². The van der Waals surface area contributed by atoms with E-state index in [1.165, 1.54) is 24.5 Å². The molecule has 0 radical (unpaired) electrons. The number of carbonyl (C=O) groups is 1. The van der Waals surface area contributed by atoms with Crippen molar-refractivity contribution in [2.45, 2.75) is 13.3 Å². The Labute approximate surface area is 121 Å². The zero-order valence-corrected chi connectivity index (χ0v) is 11.4. The summed E-state index contributed by atoms with van der Waals surface area (Å²) < 4.78 is 0. The maximum atomic E-state index is 12.0. The fourth-order valence-corrected chi connectivity index (χ4v) is 1.88. The van der Waals surface area contributed by atoms with E-state index in [1.807, 2.05) is 0 Å². The number of amides is 1. The first-order valence-electron chi connectivity index (χ1n) is 6.35. The Kier molecular flexibility index (Phi) is 4.55. The largest absolute Gasteiger partial charge is 0.352 e. The van der Waals surface area contributed by atoms with Crippen molar-refractivity contribution in [3.63, 3.8) is 0 Å². The molecular formula is C14H14N4O3. The van der Waals surface area contributed by atoms with Crippen LogP contribution in [0.1, 0.15) is 21.5 Å². The molecule has 0 saturated heterocycles. The monoisotopic (exact) mass is 286 g/mol. The zero-order valence-electron chi connectivity index (χ0n) is 11.4. The molecule has 7 nitrogen and oxygen atoms in total. The van der Waals surface area contributed by atoms with Gasteiger partial charge in [-0.1, -0.05) is 0 Å². The molecule has 0 fully saturated rings. The first-order chi connectivity index (χ1) is 10.1. The standard InChI is InChI=1S/C14H14N4O3/c1-10-6-12(2-3-13(10)18(20)21)14(19)17-5-4-11-7-15-9-16-8-11/h2-3,6-9H,4-5H2,1H3,(H,17,19). The van der Waals surface area contributed by atoms with E-state index in [2.05, 4.69) is 15.3 Å². The van der Waals surface area contributed by atoms with E-state index in [-0.39, 0.29) is 11.6 Å². The molecule has 0 unspecified atom stereocenters. The van der Waals surface area contributed by atoms with Crippen molar-refractivity contribution in [3.8, 4) is 0 Å². The average molecular weight is 286 g/mol. The summed E-state index contributed by atoms with van der Waals surface area (Å²) >= 11 is 0. The molecule has 0 atom stereocenters. The number of hydrogen-bond donors (Lipinski definition) is 1. The first-order valence-corrected chi connectivity index (χ1v) is 6.35. The molecule has 0 aliphatic heterocycles. The molecule has 0 saturated carbocycles. The lowest BCUT2D eigenvalue weighted by Gasteiger charge is -2.06. The van der Waals surface area contributed by atoms with Crippen LogP contribution in [0.2, 0.25) is 0 Å². The normalized spacial score (nSPS) is 10.1. The van der Waals surface area contributed by atoms with Gasteiger partial charge in [-0.25, -0.2) is 9.97 Å². The molecule has 1 amide bonds. The van der Waals surface area contributed by atoms with E-state index in [1.54, 1.807) is 19.3 Å². The van der Waals surface area contributed by atoms with Crippen LogP contribution in [-0.2, 0) is 6.42 Å². The molecule has 2 aromatic rings. The number of hydrogen-bond acceptors (Lipinski definition) is 5. The summed E-state index contributed by atoms with van der Waals surface area (Å²) in [5.41, 5.74) is 1.80. The second-order valence-electron chi connectivity index (χ2n) is 4.51. The smallest absolute Gasteiger partial charge is 0.272 e. The molecule has 108 valence electrons. The summed E-state index contributed by atoms with van der Waals surface area (Å²) in [6, 6.07) is 4.31. The van der Waals surface area contributed by atoms with Gasteiger partial charge in [0, 0.05) is 36.1 Å². The Bertz CT molecular complexity index is 659. The van der Waals surface area contributed by atoms with Crippen molar-refractivity contribution in [2.24, 2.45) is 0 Å². The number of nitro groups is 1. The number of rotatable bonds is 5. The Morgan fingerprint density at radius 3 is 2.67 bits per heavy atom. The molecule has 21 heavy (non-hydrogen) atoms. The minimum atomic E-state index is -0.466. The summed E-state index contributed by atoms with van der Waals surface area (Å²) in [6.07, 6.45) is 5.45. The van der Waals surface area contributed by atoms with Gasteiger partial charge in [0.05, 0.1) is 4.92 Å². The molecule has 2 rings (SSSR count). The van der Waals surface area contributed by atoms with Gasteiger partial charge in [-0.2, -0.15) is 0 Å². The Morgan fingerprint density at radius 2 is 2.05 bits per heavy atom. The zero-order chi connectivity index (χ0) is 15.2. The number of benzene rings is 1. The number of nitrogens with zero attached hydrogens (tertiary/aromatic N) is 3. The van der Waals surface area contributed by atoms with Crippen LogP contribution in [-0.4, -0.2) is 27.3 Å². The Morgan fingerprint density at radius 1 is 1.33 bits per heavy atom. The average Bonchev–Trinajstić information content (AvgIpc) is 2.47. The highest BCUT2D eigenvalue weighted by Crippen LogP contribution is 2.18. The lowest BCUT2D eigenvalue weighted by Crippen LogP contribution is -2.25. The van der Waals surface area contributed by atoms with E-state index >= 15 is 0 Å². The molecule has 0 aliphatic carbocycles. The van der Waals surface area contributed by atoms with Crippen molar-refractivity contribution >= 4 is 11.6 Å². The molecule has 0 aliphatic rings. The maximum Gasteiger partial charge on any atom is 0.272 e. The second kappa shape index (κ2) is 6.56. The SMILES string of the molecule is Cc1cc(C(=O)NCCc2cncnc2)ccc1[N+](=O)[O-]. The third kappa shape index (κ3) is 3.82. The molecule has 7 heteroatoms. The van der Waals surface area contributed by atoms with Gasteiger partial charge in [-0.15, -0.1) is 0 Å². The van der Waals surface area contributed by atoms with Crippen molar-refractivity contribution in [2.75, 3.05) is 6.54 Å². The van der Waals surface area contributed by atoms with Gasteiger partial charge in [-0.3, -0.25) is 14.9 Å². The van der Waals surface area contributed by atoms with Crippen molar-refractivity contribution in [1.82, 2.24) is 15.3 Å². The first kappa shape index (κ1) is 14.6. The Hall–Kier alpha value is -2.83. The van der Waals surface area contributed by atoms with Crippen LogP contribution in [0.25, 0.3) is 0 Å². The number of aryl methyl sites for hydroxylation is 1. The summed E-state index contributed by atoms with van der Waals surface area (Å²) in [5.74, 6) is -0.259. The summed E-state index contributed by atoms with van der Waals surface area (Å²) in [7, 11) is 0. The highest BCUT2D eigenvalue weighted by molar-refractivity contribution is 5.94. The minimum Gasteiger partial charge on any atom is -0.352 e. The van der Waals surface area contributed by atoms with Crippen LogP contribution in [0.15, 0.2) is 36.9 Å². The van der Waals surface area contributed by atoms with Gasteiger partial charge < -0.3 is 5.32 Å². The van der Waals surface area contributed by atoms with Crippen molar-refractivity contribution in [1.29, 1.82) is 0 Å². The van der Waals surface area contributed by atoms with E-state index in [4.69, 9.17) is 0 Å². The molecule has 1 aromatic heterocycles. The predicted molar refractivity (Wildman–Crippen MR) is 75.9 cm³/mol. The highest BCUT2D eigenvalue weighted by atomic mass is 16.6. The molecule has 1 N–H and O–H groups in total. The third-order valence-electron chi connectivity index (χ3n) is 2.97. The van der Waals surface area contributed by atoms with Gasteiger partial charge in [0.1, 0.15) is 6.33 Å². The van der Waals surface area contributed by atoms with Crippen LogP contribution < -0.4 is 5.32 Å². The summed E-state index contributed by atoms with van der Waals surface area (Å²) in [5, 5.41) is 13.5. The molecule has 0 spiro atoms. The lowest BCUT2D eigenvalue weighted by molar-refractivity contribution is -0.385. The lowest BCUT2D eigenvalue weighted by atomic mass is 10.1. The predicted octanol–water partition coefficient (Wildman–Crippen LogP) is 1.67. The van der Waals surface area contributed by atoms with Crippen molar-refractivity contribution in [3.05, 3.63) is 63.7 Å². The maximum absolute atomic E-state index is 12.0. The van der Waals surface area contributed by atoms with Gasteiger partial charge in [0.2, 0.25) is 0 Å². The van der Waals surface area contributed by atoms with E-state index in [9.17, 15) is 14.9 Å². The second-order valence-corrected chi connectivity index (χ2v) is 4.51. The number of nitrogens with one attached hydrogen (secondary N) is 1. The minimum absolute atomic E-state index is 0.00739. The van der Waals surface area contributed by atoms with Gasteiger partial charge in [0.25, 0.3) is 11.6 Å². The van der Waals surface area contributed by atoms with Crippen LogP contribution in [0.4, 0.5) is 5.69 Å². The van der Waals surface area contributed by atoms with Crippen LogP contribution in [0.5, 0.6) is 0 Å². The van der Waals surface area contributed by atoms with Gasteiger partial charge in [-0.05, 0) is 31.0 Å². The quantitative estimate of drug-likeness (QED) is 0.666. The van der Waals surface area contributed by atoms with Crippen LogP contribution in [0.3, 0.4) is 0 Å². The Balaban J connectivity index is 1.94. The van der Waals surface area contributed by atoms with Gasteiger partial charge in [0.15, 0.2) is 0 Å². The third-order valence-corrected chi connectivity index (χ3v) is 2.97. The van der Waals surface area contributed by atoms with E-state index in [0.29, 0.717) is 24.1 Å². The number of carbonyl (C=O) groups excluding carboxylic acids is 1. The summed E-state index contributed by atoms with van der Waals surface area (Å²) in [4.78, 5) is 30.0. The fourth-order valence-electron chi connectivity index (χ4n) is 1.88. The van der Waals surface area contributed by atoms with Crippen molar-refractivity contribution < 1.29 is 9.72 Å². The van der Waals surface area contributed by atoms with E-state index < -0.39 is 4.92 Å².